The van der Waals surface area contributed by atoms with Crippen LogP contribution < -0.4 is 5.73 Å². The van der Waals surface area contributed by atoms with E-state index in [-0.39, 0.29) is 13.2 Å². The lowest BCUT2D eigenvalue weighted by Crippen LogP contribution is -2.16. The van der Waals surface area contributed by atoms with Crippen molar-refractivity contribution in [2.45, 2.75) is 26.6 Å². The van der Waals surface area contributed by atoms with E-state index < -0.39 is 13.4 Å². The van der Waals surface area contributed by atoms with Crippen molar-refractivity contribution >= 4 is 19.2 Å². The first kappa shape index (κ1) is 15.7. The van der Waals surface area contributed by atoms with E-state index in [1.807, 2.05) is 6.92 Å². The Morgan fingerprint density at radius 1 is 1.33 bits per heavy atom. The topological polar surface area (TPSA) is 61.5 Å². The van der Waals surface area contributed by atoms with Gasteiger partial charge < -0.3 is 14.8 Å². The van der Waals surface area contributed by atoms with Gasteiger partial charge in [0.1, 0.15) is 5.78 Å². The molecule has 1 atom stereocenters. The molecule has 0 aliphatic rings. The van der Waals surface area contributed by atoms with E-state index in [4.69, 9.17) is 26.4 Å². The normalized spacial score (nSPS) is 13.6. The van der Waals surface area contributed by atoms with Crippen molar-refractivity contribution in [2.75, 3.05) is 13.2 Å². The molecule has 0 saturated heterocycles. The number of halogens is 1. The van der Waals surface area contributed by atoms with Gasteiger partial charge in [-0.2, -0.15) is 0 Å². The smallest absolute Gasteiger partial charge is 0.314 e. The van der Waals surface area contributed by atoms with Crippen molar-refractivity contribution < 1.29 is 13.6 Å². The van der Waals surface area contributed by atoms with Crippen LogP contribution in [0.3, 0.4) is 0 Å². The Bertz CT molecular complexity index is 443. The summed E-state index contributed by atoms with van der Waals surface area (Å²) in [6, 6.07) is 5.25. The van der Waals surface area contributed by atoms with Crippen molar-refractivity contribution in [1.29, 1.82) is 0 Å². The molecule has 18 heavy (non-hydrogen) atoms. The minimum atomic E-state index is -3.34. The van der Waals surface area contributed by atoms with Crippen LogP contribution in [0.4, 0.5) is 0 Å². The minimum Gasteiger partial charge on any atom is -0.314 e. The van der Waals surface area contributed by atoms with Gasteiger partial charge in [0, 0.05) is 5.02 Å². The van der Waals surface area contributed by atoms with Crippen LogP contribution in [0.2, 0.25) is 5.02 Å². The van der Waals surface area contributed by atoms with Crippen molar-refractivity contribution in [3.8, 4) is 0 Å². The first-order valence-corrected chi connectivity index (χ1v) is 7.84. The Hall–Kier alpha value is -0.380. The standard InChI is InChI=1S/C12H19ClNO3P/c1-4-16-18(15,17-5-2)12(14)11-7-6-10(13)8-9(11)3/h6-8,12H,4-5,14H2,1-3H3/t12-/m1/s1. The Balaban J connectivity index is 3.09. The molecule has 0 aliphatic carbocycles. The second-order valence-electron chi connectivity index (χ2n) is 3.82. The average molecular weight is 292 g/mol. The molecule has 0 unspecified atom stereocenters. The zero-order chi connectivity index (χ0) is 13.8. The fourth-order valence-corrected chi connectivity index (χ4v) is 3.67. The highest BCUT2D eigenvalue weighted by molar-refractivity contribution is 7.54. The van der Waals surface area contributed by atoms with Crippen LogP contribution in [0.25, 0.3) is 0 Å². The van der Waals surface area contributed by atoms with Gasteiger partial charge in [0.2, 0.25) is 0 Å². The van der Waals surface area contributed by atoms with E-state index in [0.29, 0.717) is 5.02 Å². The summed E-state index contributed by atoms with van der Waals surface area (Å²) in [5.41, 5.74) is 7.64. The highest BCUT2D eigenvalue weighted by Crippen LogP contribution is 2.58. The monoisotopic (exact) mass is 291 g/mol. The van der Waals surface area contributed by atoms with Gasteiger partial charge in [0.15, 0.2) is 0 Å². The molecule has 1 aromatic rings. The summed E-state index contributed by atoms with van der Waals surface area (Å²) in [6.07, 6.45) is 0. The summed E-state index contributed by atoms with van der Waals surface area (Å²) in [4.78, 5) is 0. The largest absolute Gasteiger partial charge is 0.351 e. The Morgan fingerprint density at radius 2 is 1.89 bits per heavy atom. The van der Waals surface area contributed by atoms with Crippen molar-refractivity contribution in [3.05, 3.63) is 34.3 Å². The SMILES string of the molecule is CCOP(=O)(OCC)[C@@H](N)c1ccc(Cl)cc1C. The Morgan fingerprint density at radius 3 is 2.33 bits per heavy atom. The second kappa shape index (κ2) is 6.69. The zero-order valence-electron chi connectivity index (χ0n) is 10.9. The molecule has 6 heteroatoms. The zero-order valence-corrected chi connectivity index (χ0v) is 12.5. The van der Waals surface area contributed by atoms with E-state index in [1.54, 1.807) is 32.0 Å². The molecule has 0 aromatic heterocycles. The van der Waals surface area contributed by atoms with Crippen LogP contribution in [0.5, 0.6) is 0 Å². The van der Waals surface area contributed by atoms with Gasteiger partial charge in [-0.15, -0.1) is 0 Å². The van der Waals surface area contributed by atoms with Crippen LogP contribution in [-0.2, 0) is 13.6 Å². The van der Waals surface area contributed by atoms with Gasteiger partial charge in [0.05, 0.1) is 13.2 Å². The quantitative estimate of drug-likeness (QED) is 0.808. The van der Waals surface area contributed by atoms with Gasteiger partial charge in [0.25, 0.3) is 0 Å². The molecule has 0 heterocycles. The van der Waals surface area contributed by atoms with Crippen molar-refractivity contribution in [2.24, 2.45) is 5.73 Å². The van der Waals surface area contributed by atoms with Gasteiger partial charge in [-0.3, -0.25) is 4.57 Å². The van der Waals surface area contributed by atoms with Gasteiger partial charge in [-0.05, 0) is 44.0 Å². The van der Waals surface area contributed by atoms with Crippen molar-refractivity contribution in [1.82, 2.24) is 0 Å². The lowest BCUT2D eigenvalue weighted by Gasteiger charge is -2.24. The summed E-state index contributed by atoms with van der Waals surface area (Å²) < 4.78 is 23.0. The molecule has 0 bridgehead atoms. The molecule has 4 nitrogen and oxygen atoms in total. The number of hydrogen-bond acceptors (Lipinski definition) is 4. The molecule has 0 fully saturated rings. The second-order valence-corrected chi connectivity index (χ2v) is 6.41. The van der Waals surface area contributed by atoms with Gasteiger partial charge in [-0.25, -0.2) is 0 Å². The molecular formula is C12H19ClNO3P. The number of nitrogens with two attached hydrogens (primary N) is 1. The summed E-state index contributed by atoms with van der Waals surface area (Å²) in [6.45, 7) is 5.96. The lowest BCUT2D eigenvalue weighted by molar-refractivity contribution is 0.212. The summed E-state index contributed by atoms with van der Waals surface area (Å²) in [5, 5.41) is 0.617. The van der Waals surface area contributed by atoms with Crippen LogP contribution in [0.1, 0.15) is 30.8 Å². The fraction of sp³-hybridized carbons (Fsp3) is 0.500. The molecule has 0 aliphatic heterocycles. The molecule has 0 saturated carbocycles. The Kier molecular flexibility index (Phi) is 5.83. The lowest BCUT2D eigenvalue weighted by atomic mass is 10.1. The van der Waals surface area contributed by atoms with Crippen LogP contribution >= 0.6 is 19.2 Å². The van der Waals surface area contributed by atoms with E-state index in [0.717, 1.165) is 11.1 Å². The van der Waals surface area contributed by atoms with Gasteiger partial charge in [-0.1, -0.05) is 17.7 Å². The predicted molar refractivity (Wildman–Crippen MR) is 74.0 cm³/mol. The third-order valence-corrected chi connectivity index (χ3v) is 4.94. The Labute approximate surface area is 113 Å². The maximum absolute atomic E-state index is 12.5. The van der Waals surface area contributed by atoms with E-state index in [2.05, 4.69) is 0 Å². The molecule has 0 amide bonds. The molecule has 0 spiro atoms. The molecular weight excluding hydrogens is 273 g/mol. The summed E-state index contributed by atoms with van der Waals surface area (Å²) >= 11 is 5.89. The van der Waals surface area contributed by atoms with Gasteiger partial charge >= 0.3 is 7.60 Å². The maximum atomic E-state index is 12.5. The number of rotatable bonds is 6. The summed E-state index contributed by atoms with van der Waals surface area (Å²) in [7, 11) is -3.34. The average Bonchev–Trinajstić information content (AvgIpc) is 2.29. The van der Waals surface area contributed by atoms with Crippen LogP contribution in [0, 0.1) is 6.92 Å². The van der Waals surface area contributed by atoms with Crippen LogP contribution in [0.15, 0.2) is 18.2 Å². The molecule has 2 N–H and O–H groups in total. The highest BCUT2D eigenvalue weighted by atomic mass is 35.5. The third-order valence-electron chi connectivity index (χ3n) is 2.51. The maximum Gasteiger partial charge on any atom is 0.351 e. The minimum absolute atomic E-state index is 0.289. The van der Waals surface area contributed by atoms with Crippen molar-refractivity contribution in [3.63, 3.8) is 0 Å². The molecule has 1 rings (SSSR count). The van der Waals surface area contributed by atoms with Crippen LogP contribution in [-0.4, -0.2) is 13.2 Å². The fourth-order valence-electron chi connectivity index (χ4n) is 1.70. The number of benzene rings is 1. The number of aryl methyl sites for hydroxylation is 1. The molecule has 1 aromatic carbocycles. The van der Waals surface area contributed by atoms with E-state index in [9.17, 15) is 4.57 Å². The summed E-state index contributed by atoms with van der Waals surface area (Å²) in [5.74, 6) is -0.797. The predicted octanol–water partition coefficient (Wildman–Crippen LogP) is 3.87. The van der Waals surface area contributed by atoms with E-state index in [1.165, 1.54) is 0 Å². The third kappa shape index (κ3) is 3.56. The molecule has 0 radical (unpaired) electrons. The first-order valence-electron chi connectivity index (χ1n) is 5.85. The van der Waals surface area contributed by atoms with E-state index >= 15 is 0 Å². The molecule has 102 valence electrons. The number of hydrogen-bond donors (Lipinski definition) is 1. The highest BCUT2D eigenvalue weighted by Gasteiger charge is 2.34. The first-order chi connectivity index (χ1) is 8.44.